The Kier molecular flexibility index (Phi) is 5.56. The third-order valence-electron chi connectivity index (χ3n) is 4.93. The van der Waals surface area contributed by atoms with Crippen LogP contribution < -0.4 is 5.32 Å². The lowest BCUT2D eigenvalue weighted by molar-refractivity contribution is -0.386. The number of hydrogen-bond acceptors (Lipinski definition) is 6. The molecule has 0 aliphatic carbocycles. The molecule has 2 heterocycles. The van der Waals surface area contributed by atoms with Gasteiger partial charge >= 0.3 is 12.2 Å². The minimum absolute atomic E-state index is 0.0645. The van der Waals surface area contributed by atoms with Crippen molar-refractivity contribution in [1.82, 2.24) is 10.2 Å². The van der Waals surface area contributed by atoms with Gasteiger partial charge in [0.15, 0.2) is 5.72 Å². The maximum Gasteiger partial charge on any atom is 0.450 e. The number of nitro benzene ring substituents is 1. The van der Waals surface area contributed by atoms with Crippen LogP contribution in [-0.4, -0.2) is 39.5 Å². The lowest BCUT2D eigenvalue weighted by atomic mass is 9.77. The summed E-state index contributed by atoms with van der Waals surface area (Å²) in [6.07, 6.45) is -5.36. The summed E-state index contributed by atoms with van der Waals surface area (Å²) < 4.78 is 40.7. The second-order valence-electron chi connectivity index (χ2n) is 6.53. The monoisotopic (exact) mass is 443 g/mol. The number of thiophene rings is 1. The predicted octanol–water partition coefficient (Wildman–Crippen LogP) is 3.34. The van der Waals surface area contributed by atoms with E-state index in [2.05, 4.69) is 5.32 Å². The highest BCUT2D eigenvalue weighted by Crippen LogP contribution is 2.49. The maximum absolute atomic E-state index is 13.6. The third kappa shape index (κ3) is 3.41. The molecule has 1 aromatic heterocycles. The molecule has 160 valence electrons. The Hall–Kier alpha value is -2.99. The fraction of sp³-hybridized carbons (Fsp3) is 0.333. The van der Waals surface area contributed by atoms with Crippen LogP contribution in [0.15, 0.2) is 41.8 Å². The summed E-state index contributed by atoms with van der Waals surface area (Å²) in [5.74, 6) is -4.59. The normalized spacial score (nSPS) is 24.4. The van der Waals surface area contributed by atoms with Gasteiger partial charge in [0.05, 0.1) is 21.4 Å². The minimum atomic E-state index is -5.36. The van der Waals surface area contributed by atoms with Gasteiger partial charge in [-0.15, -0.1) is 11.3 Å². The van der Waals surface area contributed by atoms with Gasteiger partial charge in [0.1, 0.15) is 5.92 Å². The van der Waals surface area contributed by atoms with Crippen molar-refractivity contribution in [2.45, 2.75) is 24.9 Å². The van der Waals surface area contributed by atoms with Gasteiger partial charge in [0, 0.05) is 12.6 Å². The first-order valence-electron chi connectivity index (χ1n) is 8.72. The lowest BCUT2D eigenvalue weighted by Crippen LogP contribution is -2.67. The van der Waals surface area contributed by atoms with Crippen molar-refractivity contribution in [1.29, 1.82) is 0 Å². The number of nitrogens with one attached hydrogen (secondary N) is 1. The number of amides is 2. The van der Waals surface area contributed by atoms with E-state index in [9.17, 15) is 38.0 Å². The number of carbonyl (C=O) groups is 2. The zero-order valence-corrected chi connectivity index (χ0v) is 16.2. The highest BCUT2D eigenvalue weighted by atomic mass is 32.1. The van der Waals surface area contributed by atoms with E-state index in [1.807, 2.05) is 0 Å². The largest absolute Gasteiger partial charge is 0.450 e. The molecule has 2 N–H and O–H groups in total. The molecule has 3 atom stereocenters. The Morgan fingerprint density at radius 3 is 2.53 bits per heavy atom. The molecule has 2 amide bonds. The van der Waals surface area contributed by atoms with Crippen LogP contribution in [0.5, 0.6) is 0 Å². The fourth-order valence-electron chi connectivity index (χ4n) is 3.69. The number of benzene rings is 1. The standard InChI is InChI=1S/C18H16F3N3O5S/c1-2-23-16(26)22-14(10-6-3-4-7-11(10)24(28)29)13(15(25)18(19,20)21)17(23,27)12-8-5-9-30-12/h3-9,13-14,27H,2H2,1H3,(H,22,26). The van der Waals surface area contributed by atoms with Crippen LogP contribution in [0, 0.1) is 16.0 Å². The Labute approximate surface area is 172 Å². The molecule has 0 spiro atoms. The number of para-hydroxylation sites is 1. The molecule has 1 fully saturated rings. The first-order chi connectivity index (χ1) is 14.0. The van der Waals surface area contributed by atoms with Crippen molar-refractivity contribution in [2.24, 2.45) is 5.92 Å². The molecule has 3 unspecified atom stereocenters. The maximum atomic E-state index is 13.6. The van der Waals surface area contributed by atoms with E-state index in [0.29, 0.717) is 0 Å². The van der Waals surface area contributed by atoms with Crippen molar-refractivity contribution < 1.29 is 32.8 Å². The summed E-state index contributed by atoms with van der Waals surface area (Å²) in [5.41, 5.74) is -3.56. The molecule has 0 saturated carbocycles. The molecule has 0 radical (unpaired) electrons. The van der Waals surface area contributed by atoms with E-state index in [-0.39, 0.29) is 17.0 Å². The summed E-state index contributed by atoms with van der Waals surface area (Å²) in [4.78, 5) is 36.5. The van der Waals surface area contributed by atoms with Gasteiger partial charge in [-0.05, 0) is 18.4 Å². The van der Waals surface area contributed by atoms with E-state index < -0.39 is 46.3 Å². The average molecular weight is 443 g/mol. The second-order valence-corrected chi connectivity index (χ2v) is 7.48. The number of Topliss-reactive ketones (excluding diaryl/α,β-unsaturated/α-hetero) is 1. The van der Waals surface area contributed by atoms with Gasteiger partial charge in [-0.2, -0.15) is 13.2 Å². The molecular formula is C18H16F3N3O5S. The molecule has 30 heavy (non-hydrogen) atoms. The highest BCUT2D eigenvalue weighted by Gasteiger charge is 2.63. The number of urea groups is 1. The smallest absolute Gasteiger partial charge is 0.365 e. The summed E-state index contributed by atoms with van der Waals surface area (Å²) in [6.45, 7) is 1.21. The number of aliphatic hydroxyl groups is 1. The minimum Gasteiger partial charge on any atom is -0.365 e. The number of nitrogens with zero attached hydrogens (tertiary/aromatic N) is 2. The van der Waals surface area contributed by atoms with Gasteiger partial charge in [-0.1, -0.05) is 24.3 Å². The number of nitro groups is 1. The number of hydrogen-bond donors (Lipinski definition) is 2. The van der Waals surface area contributed by atoms with Crippen LogP contribution in [0.25, 0.3) is 0 Å². The number of halogens is 3. The van der Waals surface area contributed by atoms with E-state index in [1.165, 1.54) is 36.6 Å². The Bertz CT molecular complexity index is 982. The van der Waals surface area contributed by atoms with E-state index >= 15 is 0 Å². The zero-order valence-electron chi connectivity index (χ0n) is 15.4. The highest BCUT2D eigenvalue weighted by molar-refractivity contribution is 7.10. The lowest BCUT2D eigenvalue weighted by Gasteiger charge is -2.50. The van der Waals surface area contributed by atoms with E-state index in [0.717, 1.165) is 28.4 Å². The summed E-state index contributed by atoms with van der Waals surface area (Å²) in [7, 11) is 0. The van der Waals surface area contributed by atoms with Gasteiger partial charge in [0.2, 0.25) is 5.78 Å². The topological polar surface area (TPSA) is 113 Å². The first kappa shape index (κ1) is 21.7. The number of ketones is 1. The number of rotatable bonds is 5. The van der Waals surface area contributed by atoms with Crippen LogP contribution in [0.3, 0.4) is 0 Å². The number of alkyl halides is 3. The molecular weight excluding hydrogens is 427 g/mol. The van der Waals surface area contributed by atoms with Crippen LogP contribution in [0.4, 0.5) is 23.7 Å². The SMILES string of the molecule is CCN1C(=O)NC(c2ccccc2[N+](=O)[O-])C(C(=O)C(F)(F)F)C1(O)c1cccs1. The summed E-state index contributed by atoms with van der Waals surface area (Å²) in [5, 5.41) is 26.7. The van der Waals surface area contributed by atoms with Crippen LogP contribution in [0.2, 0.25) is 0 Å². The molecule has 12 heteroatoms. The molecule has 1 aromatic carbocycles. The van der Waals surface area contributed by atoms with Gasteiger partial charge < -0.3 is 10.4 Å². The second kappa shape index (κ2) is 7.69. The molecule has 3 rings (SSSR count). The molecule has 1 aliphatic heterocycles. The van der Waals surface area contributed by atoms with E-state index in [1.54, 1.807) is 0 Å². The molecule has 0 bridgehead atoms. The summed E-state index contributed by atoms with van der Waals surface area (Å²) in [6, 6.07) is 4.85. The summed E-state index contributed by atoms with van der Waals surface area (Å²) >= 11 is 0.864. The van der Waals surface area contributed by atoms with E-state index in [4.69, 9.17) is 0 Å². The Morgan fingerprint density at radius 1 is 1.33 bits per heavy atom. The van der Waals surface area contributed by atoms with Gasteiger partial charge in [-0.3, -0.25) is 19.8 Å². The first-order valence-corrected chi connectivity index (χ1v) is 9.60. The van der Waals surface area contributed by atoms with Crippen molar-refractivity contribution in [2.75, 3.05) is 6.54 Å². The predicted molar refractivity (Wildman–Crippen MR) is 99.5 cm³/mol. The molecule has 1 aliphatic rings. The van der Waals surface area contributed by atoms with Gasteiger partial charge in [-0.25, -0.2) is 4.79 Å². The van der Waals surface area contributed by atoms with Crippen molar-refractivity contribution >= 4 is 28.8 Å². The van der Waals surface area contributed by atoms with Crippen molar-refractivity contribution in [3.63, 3.8) is 0 Å². The van der Waals surface area contributed by atoms with Crippen molar-refractivity contribution in [3.8, 4) is 0 Å². The van der Waals surface area contributed by atoms with Crippen LogP contribution >= 0.6 is 11.3 Å². The van der Waals surface area contributed by atoms with Crippen LogP contribution in [0.1, 0.15) is 23.4 Å². The molecule has 8 nitrogen and oxygen atoms in total. The third-order valence-corrected chi connectivity index (χ3v) is 5.92. The van der Waals surface area contributed by atoms with Crippen molar-refractivity contribution in [3.05, 3.63) is 62.3 Å². The Morgan fingerprint density at radius 2 is 2.00 bits per heavy atom. The molecule has 2 aromatic rings. The Balaban J connectivity index is 2.31. The van der Waals surface area contributed by atoms with Crippen LogP contribution in [-0.2, 0) is 10.5 Å². The quantitative estimate of drug-likeness (QED) is 0.544. The molecule has 1 saturated heterocycles. The number of carbonyl (C=O) groups excluding carboxylic acids is 2. The van der Waals surface area contributed by atoms with Gasteiger partial charge in [0.25, 0.3) is 5.69 Å². The average Bonchev–Trinajstić information content (AvgIpc) is 3.22. The fourth-order valence-corrected chi connectivity index (χ4v) is 4.56. The zero-order chi connectivity index (χ0) is 22.3.